The number of rotatable bonds is 9. The molecule has 0 radical (unpaired) electrons. The Kier molecular flexibility index (Phi) is 6.20. The maximum absolute atomic E-state index is 13.5. The molecule has 2 saturated carbocycles. The fraction of sp³-hybridized carbons (Fsp3) is 0.750. The normalized spacial score (nSPS) is 36.8. The zero-order valence-corrected chi connectivity index (χ0v) is 18.4. The molecule has 0 amide bonds. The molecule has 0 aromatic heterocycles. The third-order valence-corrected chi connectivity index (χ3v) is 7.93. The number of hydrogen-bond donors (Lipinski definition) is 0. The molecule has 4 aliphatic carbocycles. The van der Waals surface area contributed by atoms with Gasteiger partial charge in [-0.25, -0.2) is 0 Å². The van der Waals surface area contributed by atoms with Gasteiger partial charge in [-0.2, -0.15) is 0 Å². The van der Waals surface area contributed by atoms with E-state index in [0.29, 0.717) is 38.6 Å². The molecule has 166 valence electrons. The molecule has 1 spiro atoms. The zero-order valence-electron chi connectivity index (χ0n) is 18.4. The summed E-state index contributed by atoms with van der Waals surface area (Å²) in [6.45, 7) is 5.13. The summed E-state index contributed by atoms with van der Waals surface area (Å²) in [5, 5.41) is 0. The first-order chi connectivity index (χ1) is 14.5. The Morgan fingerprint density at radius 3 is 2.87 bits per heavy atom. The second-order valence-electron chi connectivity index (χ2n) is 9.32. The summed E-state index contributed by atoms with van der Waals surface area (Å²) in [6.07, 6.45) is 9.80. The van der Waals surface area contributed by atoms with Crippen LogP contribution in [0, 0.1) is 22.7 Å². The fourth-order valence-corrected chi connectivity index (χ4v) is 7.16. The predicted octanol–water partition coefficient (Wildman–Crippen LogP) is 3.60. The molecule has 0 aromatic carbocycles. The van der Waals surface area contributed by atoms with E-state index in [1.807, 2.05) is 0 Å². The molecule has 0 N–H and O–H groups in total. The van der Waals surface area contributed by atoms with Gasteiger partial charge < -0.3 is 18.9 Å². The van der Waals surface area contributed by atoms with Crippen LogP contribution in [-0.2, 0) is 28.5 Å². The average Bonchev–Trinajstić information content (AvgIpc) is 2.80. The summed E-state index contributed by atoms with van der Waals surface area (Å²) in [5.41, 5.74) is 1.87. The van der Waals surface area contributed by atoms with Gasteiger partial charge in [-0.05, 0) is 50.4 Å². The van der Waals surface area contributed by atoms with E-state index in [1.54, 1.807) is 7.11 Å². The number of allylic oxidation sites excluding steroid dienone is 2. The number of carbonyl (C=O) groups excluding carboxylic acids is 2. The molecule has 6 heteroatoms. The number of esters is 1. The molecular formula is C24H34O6. The van der Waals surface area contributed by atoms with Gasteiger partial charge in [0.15, 0.2) is 5.78 Å². The topological polar surface area (TPSA) is 71.1 Å². The smallest absolute Gasteiger partial charge is 0.302 e. The summed E-state index contributed by atoms with van der Waals surface area (Å²) in [7, 11) is 1.61. The van der Waals surface area contributed by atoms with Crippen LogP contribution in [0.5, 0.6) is 0 Å². The minimum atomic E-state index is -0.265. The minimum absolute atomic E-state index is 0.0403. The molecule has 4 bridgehead atoms. The minimum Gasteiger partial charge on any atom is -0.466 e. The lowest BCUT2D eigenvalue weighted by Gasteiger charge is -2.52. The van der Waals surface area contributed by atoms with Gasteiger partial charge in [0.1, 0.15) is 6.79 Å². The lowest BCUT2D eigenvalue weighted by atomic mass is 9.51. The van der Waals surface area contributed by atoms with E-state index in [4.69, 9.17) is 18.9 Å². The predicted molar refractivity (Wildman–Crippen MR) is 111 cm³/mol. The summed E-state index contributed by atoms with van der Waals surface area (Å²) < 4.78 is 22.3. The standard InChI is InChI=1S/C24H34O6/c1-16-6-5-9-24-20-8-4-7-18(22(24)30-13-12-28-15-27-3)23(20,10-11-29-17(2)25)14-19(26)21(16)24/h4,7,18,20,22H,5-6,8-15H2,1-3H3/t18-,20-,22?,23+,24-/m1/s1. The van der Waals surface area contributed by atoms with E-state index >= 15 is 0 Å². The van der Waals surface area contributed by atoms with Crippen molar-refractivity contribution >= 4 is 11.8 Å². The van der Waals surface area contributed by atoms with Crippen LogP contribution in [0.3, 0.4) is 0 Å². The third-order valence-electron chi connectivity index (χ3n) is 7.93. The van der Waals surface area contributed by atoms with Crippen molar-refractivity contribution in [2.24, 2.45) is 22.7 Å². The molecule has 30 heavy (non-hydrogen) atoms. The van der Waals surface area contributed by atoms with E-state index in [0.717, 1.165) is 31.3 Å². The van der Waals surface area contributed by atoms with Crippen LogP contribution in [0.2, 0.25) is 0 Å². The summed E-state index contributed by atoms with van der Waals surface area (Å²) in [6, 6.07) is 0. The van der Waals surface area contributed by atoms with E-state index in [9.17, 15) is 9.59 Å². The lowest BCUT2D eigenvalue weighted by Crippen LogP contribution is -2.50. The van der Waals surface area contributed by atoms with Crippen LogP contribution < -0.4 is 0 Å². The maximum atomic E-state index is 13.5. The van der Waals surface area contributed by atoms with Crippen LogP contribution in [0.15, 0.2) is 23.3 Å². The number of ether oxygens (including phenoxy) is 4. The maximum Gasteiger partial charge on any atom is 0.302 e. The van der Waals surface area contributed by atoms with Gasteiger partial charge in [0.25, 0.3) is 0 Å². The second kappa shape index (κ2) is 8.56. The first kappa shape index (κ1) is 21.7. The Hall–Kier alpha value is -1.50. The van der Waals surface area contributed by atoms with Crippen molar-refractivity contribution in [3.05, 3.63) is 23.3 Å². The van der Waals surface area contributed by atoms with Gasteiger partial charge in [0, 0.05) is 37.4 Å². The third kappa shape index (κ3) is 3.28. The van der Waals surface area contributed by atoms with Crippen molar-refractivity contribution in [2.45, 2.75) is 58.5 Å². The van der Waals surface area contributed by atoms with Gasteiger partial charge in [-0.3, -0.25) is 9.59 Å². The Morgan fingerprint density at radius 1 is 1.27 bits per heavy atom. The molecule has 0 aromatic rings. The highest BCUT2D eigenvalue weighted by Crippen LogP contribution is 2.73. The summed E-state index contributed by atoms with van der Waals surface area (Å²) in [4.78, 5) is 24.9. The molecule has 4 rings (SSSR count). The van der Waals surface area contributed by atoms with Gasteiger partial charge in [0.2, 0.25) is 0 Å². The lowest BCUT2D eigenvalue weighted by molar-refractivity contribution is -0.142. The summed E-state index contributed by atoms with van der Waals surface area (Å²) in [5.74, 6) is 0.525. The van der Waals surface area contributed by atoms with Gasteiger partial charge in [0.05, 0.1) is 25.9 Å². The average molecular weight is 419 g/mol. The first-order valence-corrected chi connectivity index (χ1v) is 11.2. The van der Waals surface area contributed by atoms with E-state index in [2.05, 4.69) is 19.1 Å². The van der Waals surface area contributed by atoms with Gasteiger partial charge >= 0.3 is 5.97 Å². The highest BCUT2D eigenvalue weighted by atomic mass is 16.7. The monoisotopic (exact) mass is 418 g/mol. The van der Waals surface area contributed by atoms with Crippen molar-refractivity contribution in [1.82, 2.24) is 0 Å². The Labute approximate surface area is 179 Å². The van der Waals surface area contributed by atoms with Crippen LogP contribution >= 0.6 is 0 Å². The summed E-state index contributed by atoms with van der Waals surface area (Å²) >= 11 is 0. The molecule has 0 aliphatic heterocycles. The van der Waals surface area contributed by atoms with Crippen molar-refractivity contribution in [2.75, 3.05) is 33.7 Å². The molecular weight excluding hydrogens is 384 g/mol. The van der Waals surface area contributed by atoms with Crippen LogP contribution in [0.25, 0.3) is 0 Å². The first-order valence-electron chi connectivity index (χ1n) is 11.2. The molecule has 2 fully saturated rings. The van der Waals surface area contributed by atoms with E-state index in [1.165, 1.54) is 12.5 Å². The van der Waals surface area contributed by atoms with Crippen molar-refractivity contribution < 1.29 is 28.5 Å². The van der Waals surface area contributed by atoms with Crippen molar-refractivity contribution in [3.63, 3.8) is 0 Å². The van der Waals surface area contributed by atoms with E-state index < -0.39 is 0 Å². The molecule has 5 atom stereocenters. The number of methoxy groups -OCH3 is 1. The Bertz CT molecular complexity index is 755. The molecule has 0 saturated heterocycles. The Morgan fingerprint density at radius 2 is 2.10 bits per heavy atom. The molecule has 4 aliphatic rings. The molecule has 0 heterocycles. The van der Waals surface area contributed by atoms with Crippen LogP contribution in [0.1, 0.15) is 52.4 Å². The molecule has 6 nitrogen and oxygen atoms in total. The van der Waals surface area contributed by atoms with E-state index in [-0.39, 0.29) is 41.4 Å². The molecule has 1 unspecified atom stereocenters. The van der Waals surface area contributed by atoms with Crippen LogP contribution in [-0.4, -0.2) is 51.6 Å². The second-order valence-corrected chi connectivity index (χ2v) is 9.32. The fourth-order valence-electron chi connectivity index (χ4n) is 7.16. The van der Waals surface area contributed by atoms with Gasteiger partial charge in [-0.1, -0.05) is 17.7 Å². The number of hydrogen-bond acceptors (Lipinski definition) is 6. The highest BCUT2D eigenvalue weighted by molar-refractivity contribution is 6.00. The highest BCUT2D eigenvalue weighted by Gasteiger charge is 2.72. The number of Topliss-reactive ketones (excluding diaryl/α,β-unsaturated/α-hetero) is 1. The number of carbonyl (C=O) groups is 2. The van der Waals surface area contributed by atoms with Crippen molar-refractivity contribution in [3.8, 4) is 0 Å². The quantitative estimate of drug-likeness (QED) is 0.247. The largest absolute Gasteiger partial charge is 0.466 e. The Balaban J connectivity index is 1.69. The zero-order chi connectivity index (χ0) is 21.4. The SMILES string of the molecule is COCOCCOC1[C@H]2C=CC[C@@H]3[C@@]2(CCOC(C)=O)CC(=O)C2=C(C)CCC[C@@]213. The number of ketones is 1. The van der Waals surface area contributed by atoms with Gasteiger partial charge in [-0.15, -0.1) is 0 Å². The van der Waals surface area contributed by atoms with Crippen molar-refractivity contribution in [1.29, 1.82) is 0 Å². The van der Waals surface area contributed by atoms with Crippen LogP contribution in [0.4, 0.5) is 0 Å².